The molecule has 0 radical (unpaired) electrons. The second-order valence-corrected chi connectivity index (χ2v) is 3.88. The van der Waals surface area contributed by atoms with Crippen LogP contribution in [-0.2, 0) is 6.54 Å². The van der Waals surface area contributed by atoms with E-state index < -0.39 is 0 Å². The molecule has 3 heteroatoms. The quantitative estimate of drug-likeness (QED) is 0.766. The number of hydrogen-bond acceptors (Lipinski definition) is 3. The Balaban J connectivity index is 2.03. The van der Waals surface area contributed by atoms with Crippen LogP contribution in [-0.4, -0.2) is 18.1 Å². The van der Waals surface area contributed by atoms with Gasteiger partial charge < -0.3 is 11.1 Å². The largest absolute Gasteiger partial charge is 0.329 e. The van der Waals surface area contributed by atoms with Crippen molar-refractivity contribution < 1.29 is 0 Å². The molecule has 0 aliphatic heterocycles. The Morgan fingerprint density at radius 1 is 1.06 bits per heavy atom. The number of nitrogens with zero attached hydrogens (tertiary/aromatic N) is 1. The minimum atomic E-state index is 0.662. The number of aromatic nitrogens is 1. The van der Waals surface area contributed by atoms with Gasteiger partial charge in [0.15, 0.2) is 0 Å². The van der Waals surface area contributed by atoms with Crippen LogP contribution in [0.2, 0.25) is 0 Å². The van der Waals surface area contributed by atoms with E-state index in [1.165, 1.54) is 5.56 Å². The van der Waals surface area contributed by atoms with Gasteiger partial charge in [0.05, 0.1) is 5.69 Å². The summed E-state index contributed by atoms with van der Waals surface area (Å²) in [7, 11) is 0. The summed E-state index contributed by atoms with van der Waals surface area (Å²) in [5.41, 5.74) is 8.75. The van der Waals surface area contributed by atoms with E-state index in [2.05, 4.69) is 34.6 Å². The third kappa shape index (κ3) is 3.37. The third-order valence-corrected chi connectivity index (χ3v) is 2.54. The Morgan fingerprint density at radius 2 is 1.88 bits per heavy atom. The fourth-order valence-corrected chi connectivity index (χ4v) is 1.64. The van der Waals surface area contributed by atoms with Crippen molar-refractivity contribution >= 4 is 0 Å². The summed E-state index contributed by atoms with van der Waals surface area (Å²) in [5, 5.41) is 3.25. The Bertz CT molecular complexity index is 437. The molecule has 0 spiro atoms. The van der Waals surface area contributed by atoms with Crippen LogP contribution in [0.25, 0.3) is 11.3 Å². The van der Waals surface area contributed by atoms with E-state index in [0.29, 0.717) is 6.54 Å². The lowest BCUT2D eigenvalue weighted by Gasteiger charge is -2.04. The first-order valence-electron chi connectivity index (χ1n) is 5.81. The van der Waals surface area contributed by atoms with Gasteiger partial charge in [0.2, 0.25) is 0 Å². The van der Waals surface area contributed by atoms with E-state index in [0.717, 1.165) is 24.3 Å². The number of benzene rings is 1. The Kier molecular flexibility index (Phi) is 4.24. The van der Waals surface area contributed by atoms with Crippen LogP contribution in [0.1, 0.15) is 5.56 Å². The van der Waals surface area contributed by atoms with Crippen molar-refractivity contribution in [2.75, 3.05) is 13.1 Å². The lowest BCUT2D eigenvalue weighted by molar-refractivity contribution is 0.693. The highest BCUT2D eigenvalue weighted by Crippen LogP contribution is 2.15. The second kappa shape index (κ2) is 6.13. The Hall–Kier alpha value is -1.71. The zero-order chi connectivity index (χ0) is 11.9. The van der Waals surface area contributed by atoms with Crippen molar-refractivity contribution in [3.8, 4) is 11.3 Å². The highest BCUT2D eigenvalue weighted by Gasteiger charge is 1.98. The van der Waals surface area contributed by atoms with Gasteiger partial charge in [-0.3, -0.25) is 4.98 Å². The van der Waals surface area contributed by atoms with Gasteiger partial charge in [-0.1, -0.05) is 36.4 Å². The van der Waals surface area contributed by atoms with E-state index in [1.54, 1.807) is 0 Å². The van der Waals surface area contributed by atoms with Crippen molar-refractivity contribution in [3.63, 3.8) is 0 Å². The molecule has 0 bridgehead atoms. The predicted molar refractivity (Wildman–Crippen MR) is 70.4 cm³/mol. The molecule has 3 N–H and O–H groups in total. The topological polar surface area (TPSA) is 50.9 Å². The maximum atomic E-state index is 5.41. The number of nitrogens with one attached hydrogen (secondary N) is 1. The maximum Gasteiger partial charge on any atom is 0.0702 e. The summed E-state index contributed by atoms with van der Waals surface area (Å²) in [6.45, 7) is 2.31. The first-order chi connectivity index (χ1) is 8.40. The molecule has 88 valence electrons. The van der Waals surface area contributed by atoms with Crippen LogP contribution in [0, 0.1) is 0 Å². The number of nitrogens with two attached hydrogens (primary N) is 1. The van der Waals surface area contributed by atoms with Crippen LogP contribution in [0.15, 0.2) is 48.7 Å². The van der Waals surface area contributed by atoms with E-state index >= 15 is 0 Å². The van der Waals surface area contributed by atoms with E-state index in [1.807, 2.05) is 24.4 Å². The number of rotatable bonds is 5. The van der Waals surface area contributed by atoms with Gasteiger partial charge in [-0.05, 0) is 11.6 Å². The van der Waals surface area contributed by atoms with Gasteiger partial charge in [-0.25, -0.2) is 0 Å². The van der Waals surface area contributed by atoms with Gasteiger partial charge in [0.25, 0.3) is 0 Å². The summed E-state index contributed by atoms with van der Waals surface area (Å²) in [4.78, 5) is 4.46. The van der Waals surface area contributed by atoms with Crippen molar-refractivity contribution in [1.29, 1.82) is 0 Å². The van der Waals surface area contributed by atoms with Gasteiger partial charge in [-0.2, -0.15) is 0 Å². The third-order valence-electron chi connectivity index (χ3n) is 2.54. The molecule has 2 rings (SSSR count). The average molecular weight is 227 g/mol. The molecule has 1 aromatic carbocycles. The maximum absolute atomic E-state index is 5.41. The number of hydrogen-bond donors (Lipinski definition) is 2. The minimum absolute atomic E-state index is 0.662. The highest BCUT2D eigenvalue weighted by molar-refractivity contribution is 5.58. The highest BCUT2D eigenvalue weighted by atomic mass is 14.9. The van der Waals surface area contributed by atoms with E-state index in [-0.39, 0.29) is 0 Å². The van der Waals surface area contributed by atoms with Gasteiger partial charge in [-0.15, -0.1) is 0 Å². The van der Waals surface area contributed by atoms with Crippen LogP contribution in [0.5, 0.6) is 0 Å². The molecule has 0 saturated carbocycles. The van der Waals surface area contributed by atoms with Crippen LogP contribution in [0.4, 0.5) is 0 Å². The average Bonchev–Trinajstić information content (AvgIpc) is 2.41. The zero-order valence-electron chi connectivity index (χ0n) is 9.76. The molecule has 0 fully saturated rings. The zero-order valence-corrected chi connectivity index (χ0v) is 9.76. The minimum Gasteiger partial charge on any atom is -0.329 e. The van der Waals surface area contributed by atoms with Crippen molar-refractivity contribution in [2.45, 2.75) is 6.54 Å². The lowest BCUT2D eigenvalue weighted by Crippen LogP contribution is -2.21. The van der Waals surface area contributed by atoms with Gasteiger partial charge in [0.1, 0.15) is 0 Å². The molecule has 0 amide bonds. The van der Waals surface area contributed by atoms with Crippen molar-refractivity contribution in [2.24, 2.45) is 5.73 Å². The molecule has 0 unspecified atom stereocenters. The smallest absolute Gasteiger partial charge is 0.0702 e. The second-order valence-electron chi connectivity index (χ2n) is 3.88. The van der Waals surface area contributed by atoms with E-state index in [9.17, 15) is 0 Å². The van der Waals surface area contributed by atoms with Gasteiger partial charge in [0, 0.05) is 31.4 Å². The SMILES string of the molecule is NCCNCc1ccc(-c2ccccc2)nc1. The van der Waals surface area contributed by atoms with Crippen LogP contribution >= 0.6 is 0 Å². The first kappa shape index (κ1) is 11.8. The normalized spacial score (nSPS) is 10.4. The molecule has 0 atom stereocenters. The predicted octanol–water partition coefficient (Wildman–Crippen LogP) is 1.80. The summed E-state index contributed by atoms with van der Waals surface area (Å²) < 4.78 is 0. The molecule has 1 aromatic heterocycles. The molecule has 17 heavy (non-hydrogen) atoms. The van der Waals surface area contributed by atoms with Crippen LogP contribution in [0.3, 0.4) is 0 Å². The molecule has 0 aliphatic carbocycles. The molecular weight excluding hydrogens is 210 g/mol. The summed E-state index contributed by atoms with van der Waals surface area (Å²) >= 11 is 0. The summed E-state index contributed by atoms with van der Waals surface area (Å²) in [6.07, 6.45) is 1.91. The van der Waals surface area contributed by atoms with Crippen molar-refractivity contribution in [3.05, 3.63) is 54.2 Å². The number of pyridine rings is 1. The Morgan fingerprint density at radius 3 is 2.53 bits per heavy atom. The molecular formula is C14H17N3. The monoisotopic (exact) mass is 227 g/mol. The molecule has 0 saturated heterocycles. The molecule has 1 heterocycles. The standard InChI is InChI=1S/C14H17N3/c15-8-9-16-10-12-6-7-14(17-11-12)13-4-2-1-3-5-13/h1-7,11,16H,8-10,15H2. The first-order valence-corrected chi connectivity index (χ1v) is 5.81. The Labute approximate surface area is 102 Å². The molecule has 2 aromatic rings. The van der Waals surface area contributed by atoms with Crippen LogP contribution < -0.4 is 11.1 Å². The van der Waals surface area contributed by atoms with Gasteiger partial charge >= 0.3 is 0 Å². The molecule has 0 aliphatic rings. The van der Waals surface area contributed by atoms with E-state index in [4.69, 9.17) is 5.73 Å². The lowest BCUT2D eigenvalue weighted by atomic mass is 10.1. The van der Waals surface area contributed by atoms with Crippen molar-refractivity contribution in [1.82, 2.24) is 10.3 Å². The fourth-order valence-electron chi connectivity index (χ4n) is 1.64. The summed E-state index contributed by atoms with van der Waals surface area (Å²) in [5.74, 6) is 0. The fraction of sp³-hybridized carbons (Fsp3) is 0.214. The molecule has 3 nitrogen and oxygen atoms in total. The summed E-state index contributed by atoms with van der Waals surface area (Å²) in [6, 6.07) is 14.3.